The van der Waals surface area contributed by atoms with E-state index in [-0.39, 0.29) is 13.1 Å². The molecule has 0 atom stereocenters. The van der Waals surface area contributed by atoms with Gasteiger partial charge in [0, 0.05) is 0 Å². The highest BCUT2D eigenvalue weighted by Gasteiger charge is 2.11. The maximum absolute atomic E-state index is 10.7. The normalized spacial score (nSPS) is 10.5. The number of carboxylic acids is 1. The second kappa shape index (κ2) is 8.23. The maximum atomic E-state index is 10.7. The summed E-state index contributed by atoms with van der Waals surface area (Å²) in [5.41, 5.74) is 5.03. The molecule has 0 rings (SSSR count). The molecule has 0 aromatic heterocycles. The van der Waals surface area contributed by atoms with Crippen LogP contribution < -0.4 is 5.73 Å². The lowest BCUT2D eigenvalue weighted by molar-refractivity contribution is -0.138. The Balaban J connectivity index is 3.79. The fraction of sp³-hybridized carbons (Fsp3) is 0.800. The van der Waals surface area contributed by atoms with E-state index in [4.69, 9.17) is 10.8 Å². The molecule has 0 saturated carbocycles. The van der Waals surface area contributed by atoms with Gasteiger partial charge >= 0.3 is 5.97 Å². The third kappa shape index (κ3) is 9.21. The van der Waals surface area contributed by atoms with E-state index < -0.39 is 11.9 Å². The van der Waals surface area contributed by atoms with Crippen molar-refractivity contribution in [2.45, 2.75) is 32.6 Å². The standard InChI is InChI=1S/C10H20N2O3/c1-2-3-4-5-6-12(7-9(11)13)8-10(14)15/h2-8H2,1H3,(H2,11,13)(H,14,15). The number of rotatable bonds is 9. The van der Waals surface area contributed by atoms with E-state index in [1.165, 1.54) is 0 Å². The van der Waals surface area contributed by atoms with Gasteiger partial charge in [0.15, 0.2) is 0 Å². The predicted octanol–water partition coefficient (Wildman–Crippen LogP) is 0.439. The van der Waals surface area contributed by atoms with Crippen LogP contribution in [0.25, 0.3) is 0 Å². The number of carboxylic acid groups (broad SMARTS) is 1. The summed E-state index contributed by atoms with van der Waals surface area (Å²) in [7, 11) is 0. The molecule has 1 amide bonds. The Morgan fingerprint density at radius 3 is 2.33 bits per heavy atom. The quantitative estimate of drug-likeness (QED) is 0.548. The van der Waals surface area contributed by atoms with Crippen LogP contribution in [0.2, 0.25) is 0 Å². The van der Waals surface area contributed by atoms with Gasteiger partial charge in [-0.1, -0.05) is 26.2 Å². The highest BCUT2D eigenvalue weighted by atomic mass is 16.4. The molecule has 15 heavy (non-hydrogen) atoms. The first kappa shape index (κ1) is 13.9. The van der Waals surface area contributed by atoms with Gasteiger partial charge < -0.3 is 10.8 Å². The monoisotopic (exact) mass is 216 g/mol. The van der Waals surface area contributed by atoms with Gasteiger partial charge in [-0.25, -0.2) is 0 Å². The van der Waals surface area contributed by atoms with Gasteiger partial charge in [0.2, 0.25) is 5.91 Å². The Bertz CT molecular complexity index is 191. The van der Waals surface area contributed by atoms with E-state index in [1.807, 2.05) is 0 Å². The minimum atomic E-state index is -0.924. The summed E-state index contributed by atoms with van der Waals surface area (Å²) in [6.07, 6.45) is 4.24. The molecule has 0 aliphatic rings. The van der Waals surface area contributed by atoms with E-state index in [2.05, 4.69) is 6.92 Å². The molecular weight excluding hydrogens is 196 g/mol. The number of primary amides is 1. The average Bonchev–Trinajstić information content (AvgIpc) is 2.10. The van der Waals surface area contributed by atoms with Crippen LogP contribution in [0.5, 0.6) is 0 Å². The third-order valence-electron chi connectivity index (χ3n) is 2.07. The van der Waals surface area contributed by atoms with E-state index in [0.29, 0.717) is 6.54 Å². The summed E-state index contributed by atoms with van der Waals surface area (Å²) in [4.78, 5) is 22.7. The van der Waals surface area contributed by atoms with Gasteiger partial charge in [-0.3, -0.25) is 14.5 Å². The van der Waals surface area contributed by atoms with Crippen molar-refractivity contribution in [3.8, 4) is 0 Å². The van der Waals surface area contributed by atoms with Crippen LogP contribution in [-0.2, 0) is 9.59 Å². The largest absolute Gasteiger partial charge is 0.480 e. The molecule has 3 N–H and O–H groups in total. The molecule has 5 heteroatoms. The molecule has 0 radical (unpaired) electrons. The van der Waals surface area contributed by atoms with Crippen LogP contribution in [0.1, 0.15) is 32.6 Å². The van der Waals surface area contributed by atoms with E-state index >= 15 is 0 Å². The number of hydrogen-bond acceptors (Lipinski definition) is 3. The molecule has 5 nitrogen and oxygen atoms in total. The van der Waals surface area contributed by atoms with Crippen LogP contribution in [0.4, 0.5) is 0 Å². The second-order valence-electron chi connectivity index (χ2n) is 3.63. The second-order valence-corrected chi connectivity index (χ2v) is 3.63. The molecule has 0 heterocycles. The summed E-state index contributed by atoms with van der Waals surface area (Å²) in [5.74, 6) is -1.40. The Kier molecular flexibility index (Phi) is 7.62. The van der Waals surface area contributed by atoms with E-state index in [0.717, 1.165) is 25.7 Å². The molecule has 0 unspecified atom stereocenters. The SMILES string of the molecule is CCCCCCN(CC(N)=O)CC(=O)O. The van der Waals surface area contributed by atoms with Crippen molar-refractivity contribution in [1.29, 1.82) is 0 Å². The van der Waals surface area contributed by atoms with Gasteiger partial charge in [-0.2, -0.15) is 0 Å². The molecule has 0 saturated heterocycles. The molecule has 0 aliphatic carbocycles. The Morgan fingerprint density at radius 2 is 1.87 bits per heavy atom. The van der Waals surface area contributed by atoms with Crippen LogP contribution in [0.3, 0.4) is 0 Å². The van der Waals surface area contributed by atoms with Gasteiger partial charge in [0.25, 0.3) is 0 Å². The van der Waals surface area contributed by atoms with Gasteiger partial charge in [-0.15, -0.1) is 0 Å². The molecule has 88 valence electrons. The first-order valence-corrected chi connectivity index (χ1v) is 5.28. The molecule has 0 aliphatic heterocycles. The predicted molar refractivity (Wildman–Crippen MR) is 57.4 cm³/mol. The first-order chi connectivity index (χ1) is 7.06. The lowest BCUT2D eigenvalue weighted by Crippen LogP contribution is -2.37. The van der Waals surface area contributed by atoms with E-state index in [1.54, 1.807) is 4.90 Å². The van der Waals surface area contributed by atoms with Crippen molar-refractivity contribution < 1.29 is 14.7 Å². The van der Waals surface area contributed by atoms with Gasteiger partial charge in [0.05, 0.1) is 13.1 Å². The fourth-order valence-corrected chi connectivity index (χ4v) is 1.39. The zero-order valence-corrected chi connectivity index (χ0v) is 9.24. The molecule has 0 fully saturated rings. The summed E-state index contributed by atoms with van der Waals surface area (Å²) < 4.78 is 0. The van der Waals surface area contributed by atoms with Crippen molar-refractivity contribution in [3.05, 3.63) is 0 Å². The summed E-state index contributed by atoms with van der Waals surface area (Å²) in [6, 6.07) is 0. The van der Waals surface area contributed by atoms with Crippen LogP contribution >= 0.6 is 0 Å². The first-order valence-electron chi connectivity index (χ1n) is 5.28. The summed E-state index contributed by atoms with van der Waals surface area (Å²) in [5, 5.41) is 8.61. The van der Waals surface area contributed by atoms with Crippen LogP contribution in [0.15, 0.2) is 0 Å². The van der Waals surface area contributed by atoms with Crippen molar-refractivity contribution in [3.63, 3.8) is 0 Å². The van der Waals surface area contributed by atoms with Crippen LogP contribution in [0, 0.1) is 0 Å². The Hall–Kier alpha value is -1.10. The number of aliphatic carboxylic acids is 1. The molecule has 0 aromatic carbocycles. The minimum absolute atomic E-state index is 0.0262. The summed E-state index contributed by atoms with van der Waals surface area (Å²) in [6.45, 7) is 2.64. The highest BCUT2D eigenvalue weighted by Crippen LogP contribution is 2.01. The smallest absolute Gasteiger partial charge is 0.317 e. The van der Waals surface area contributed by atoms with Gasteiger partial charge in [0.1, 0.15) is 0 Å². The lowest BCUT2D eigenvalue weighted by atomic mass is 10.2. The number of carbonyl (C=O) groups is 2. The highest BCUT2D eigenvalue weighted by molar-refractivity contribution is 5.77. The van der Waals surface area contributed by atoms with E-state index in [9.17, 15) is 9.59 Å². The molecule has 0 spiro atoms. The van der Waals surface area contributed by atoms with Crippen molar-refractivity contribution >= 4 is 11.9 Å². The number of amides is 1. The molecule has 0 bridgehead atoms. The number of nitrogens with zero attached hydrogens (tertiary/aromatic N) is 1. The zero-order valence-electron chi connectivity index (χ0n) is 9.24. The fourth-order valence-electron chi connectivity index (χ4n) is 1.39. The zero-order chi connectivity index (χ0) is 11.7. The van der Waals surface area contributed by atoms with Crippen molar-refractivity contribution in [2.24, 2.45) is 5.73 Å². The third-order valence-corrected chi connectivity index (χ3v) is 2.07. The maximum Gasteiger partial charge on any atom is 0.317 e. The number of carbonyl (C=O) groups excluding carboxylic acids is 1. The van der Waals surface area contributed by atoms with Crippen molar-refractivity contribution in [2.75, 3.05) is 19.6 Å². The minimum Gasteiger partial charge on any atom is -0.480 e. The molecule has 0 aromatic rings. The van der Waals surface area contributed by atoms with Crippen molar-refractivity contribution in [1.82, 2.24) is 4.90 Å². The number of unbranched alkanes of at least 4 members (excludes halogenated alkanes) is 3. The topological polar surface area (TPSA) is 83.6 Å². The summed E-state index contributed by atoms with van der Waals surface area (Å²) >= 11 is 0. The van der Waals surface area contributed by atoms with Crippen LogP contribution in [-0.4, -0.2) is 41.5 Å². The van der Waals surface area contributed by atoms with Gasteiger partial charge in [-0.05, 0) is 13.0 Å². The molecular formula is C10H20N2O3. The Labute approximate surface area is 90.2 Å². The number of nitrogens with two attached hydrogens (primary N) is 1. The number of hydrogen-bond donors (Lipinski definition) is 2. The lowest BCUT2D eigenvalue weighted by Gasteiger charge is -2.17. The average molecular weight is 216 g/mol. The Morgan fingerprint density at radius 1 is 1.20 bits per heavy atom.